The minimum Gasteiger partial charge on any atom is -0.493 e. The Hall–Kier alpha value is -6.04. The molecule has 0 aliphatic carbocycles. The number of piperazine rings is 1. The summed E-state index contributed by atoms with van der Waals surface area (Å²) in [6.07, 6.45) is 0.706. The van der Waals surface area contributed by atoms with Crippen molar-refractivity contribution in [2.24, 2.45) is 4.99 Å². The number of benzene rings is 4. The molecule has 18 heteroatoms. The first-order valence-corrected chi connectivity index (χ1v) is 26.2. The monoisotopic (exact) mass is 1050 g/mol. The first-order valence-electron chi connectivity index (χ1n) is 25.4. The van der Waals surface area contributed by atoms with E-state index in [1.807, 2.05) is 85.5 Å². The molecule has 4 heterocycles. The van der Waals surface area contributed by atoms with E-state index in [1.54, 1.807) is 21.9 Å². The lowest BCUT2D eigenvalue weighted by atomic mass is 9.71. The van der Waals surface area contributed by atoms with Gasteiger partial charge in [-0.3, -0.25) is 34.4 Å². The largest absolute Gasteiger partial charge is 0.493 e. The Labute approximate surface area is 443 Å². The zero-order valence-corrected chi connectivity index (χ0v) is 44.7. The minimum atomic E-state index is -1.08. The summed E-state index contributed by atoms with van der Waals surface area (Å²) in [5.41, 5.74) is 3.40. The van der Waals surface area contributed by atoms with E-state index in [0.717, 1.165) is 27.9 Å². The number of rotatable bonds is 19. The quantitative estimate of drug-likeness (QED) is 0.0690. The van der Waals surface area contributed by atoms with Gasteiger partial charge in [-0.15, -0.1) is 0 Å². The van der Waals surface area contributed by atoms with E-state index in [0.29, 0.717) is 112 Å². The maximum atomic E-state index is 15.4. The number of urea groups is 1. The zero-order chi connectivity index (χ0) is 52.8. The van der Waals surface area contributed by atoms with Crippen molar-refractivity contribution in [3.05, 3.63) is 128 Å². The Bertz CT molecular complexity index is 2740. The molecule has 4 aromatic rings. The number of carbonyl (C=O) groups excluding carboxylic acids is 5. The summed E-state index contributed by atoms with van der Waals surface area (Å²) in [5, 5.41) is 6.83. The van der Waals surface area contributed by atoms with Gasteiger partial charge in [-0.25, -0.2) is 4.79 Å². The molecule has 6 amide bonds. The predicted molar refractivity (Wildman–Crippen MR) is 284 cm³/mol. The number of aliphatic imine (C=N–C) groups is 1. The second kappa shape index (κ2) is 23.2. The molecule has 0 spiro atoms. The summed E-state index contributed by atoms with van der Waals surface area (Å²) in [6, 6.07) is 25.9. The van der Waals surface area contributed by atoms with E-state index in [1.165, 1.54) is 4.90 Å². The molecule has 394 valence electrons. The van der Waals surface area contributed by atoms with Crippen LogP contribution in [0.25, 0.3) is 0 Å². The highest BCUT2D eigenvalue weighted by Gasteiger charge is 2.60. The topological polar surface area (TPSA) is 172 Å². The molecule has 0 radical (unpaired) electrons. The third kappa shape index (κ3) is 11.4. The summed E-state index contributed by atoms with van der Waals surface area (Å²) in [7, 11) is 0. The Morgan fingerprint density at radius 3 is 2.04 bits per heavy atom. The van der Waals surface area contributed by atoms with Crippen LogP contribution in [0.15, 0.2) is 89.9 Å². The van der Waals surface area contributed by atoms with Crippen LogP contribution in [0.2, 0.25) is 10.0 Å². The molecule has 0 saturated carbocycles. The van der Waals surface area contributed by atoms with E-state index in [2.05, 4.69) is 44.4 Å². The molecule has 0 aromatic heterocycles. The maximum absolute atomic E-state index is 15.4. The third-order valence-electron chi connectivity index (χ3n) is 14.6. The first-order chi connectivity index (χ1) is 35.4. The first kappa shape index (κ1) is 54.2. The van der Waals surface area contributed by atoms with Crippen molar-refractivity contribution in [1.29, 1.82) is 0 Å². The second-order valence-corrected chi connectivity index (χ2v) is 21.1. The van der Waals surface area contributed by atoms with Gasteiger partial charge in [0.2, 0.25) is 17.7 Å². The Kier molecular flexibility index (Phi) is 17.0. The second-order valence-electron chi connectivity index (χ2n) is 20.2. The molecule has 2 fully saturated rings. The highest BCUT2D eigenvalue weighted by atomic mass is 35.5. The van der Waals surface area contributed by atoms with Gasteiger partial charge in [0.1, 0.15) is 28.7 Å². The van der Waals surface area contributed by atoms with Crippen molar-refractivity contribution in [2.45, 2.75) is 89.9 Å². The molecule has 2 saturated heterocycles. The summed E-state index contributed by atoms with van der Waals surface area (Å²) in [4.78, 5) is 78.6. The van der Waals surface area contributed by atoms with Crippen LogP contribution in [0.4, 0.5) is 10.5 Å². The lowest BCUT2D eigenvalue weighted by Crippen LogP contribution is -2.61. The van der Waals surface area contributed by atoms with E-state index >= 15 is 4.79 Å². The van der Waals surface area contributed by atoms with Crippen LogP contribution in [0.5, 0.6) is 5.75 Å². The van der Waals surface area contributed by atoms with Crippen LogP contribution in [0, 0.1) is 0 Å². The van der Waals surface area contributed by atoms with Crippen LogP contribution in [0.1, 0.15) is 99.0 Å². The minimum absolute atomic E-state index is 0.0521. The number of hydrogen-bond donors (Lipinski definition) is 2. The molecule has 2 N–H and O–H groups in total. The number of nitrogens with one attached hydrogen (secondary N) is 2. The van der Waals surface area contributed by atoms with E-state index < -0.39 is 23.0 Å². The van der Waals surface area contributed by atoms with Crippen LogP contribution < -0.4 is 15.4 Å². The fourth-order valence-electron chi connectivity index (χ4n) is 10.2. The van der Waals surface area contributed by atoms with Gasteiger partial charge in [0.25, 0.3) is 5.91 Å². The van der Waals surface area contributed by atoms with Crippen LogP contribution in [-0.4, -0.2) is 140 Å². The van der Waals surface area contributed by atoms with Gasteiger partial charge < -0.3 is 39.0 Å². The summed E-state index contributed by atoms with van der Waals surface area (Å²) < 4.78 is 23.5. The summed E-state index contributed by atoms with van der Waals surface area (Å²) >= 11 is 12.9. The molecule has 1 unspecified atom stereocenters. The average molecular weight is 1050 g/mol. The summed E-state index contributed by atoms with van der Waals surface area (Å²) in [6.45, 7) is 17.1. The van der Waals surface area contributed by atoms with Crippen molar-refractivity contribution in [2.75, 3.05) is 84.3 Å². The van der Waals surface area contributed by atoms with Crippen LogP contribution >= 0.6 is 23.2 Å². The smallest absolute Gasteiger partial charge is 0.326 e. The molecular formula is C56H67Cl2N7O9. The molecule has 4 aromatic carbocycles. The van der Waals surface area contributed by atoms with E-state index in [4.69, 9.17) is 47.1 Å². The predicted octanol–water partition coefficient (Wildman–Crippen LogP) is 8.16. The number of carbonyl (C=O) groups is 5. The number of hydrogen-bond acceptors (Lipinski definition) is 11. The fourth-order valence-corrected chi connectivity index (χ4v) is 10.4. The van der Waals surface area contributed by atoms with Gasteiger partial charge in [0, 0.05) is 72.5 Å². The Morgan fingerprint density at radius 1 is 0.784 bits per heavy atom. The molecule has 3 atom stereocenters. The number of imide groups is 1. The van der Waals surface area contributed by atoms with Crippen molar-refractivity contribution in [3.63, 3.8) is 0 Å². The molecule has 4 aliphatic heterocycles. The average Bonchev–Trinajstić information content (AvgIpc) is 3.85. The summed E-state index contributed by atoms with van der Waals surface area (Å²) in [5.74, 6) is 0.0792. The third-order valence-corrected chi connectivity index (χ3v) is 15.1. The van der Waals surface area contributed by atoms with Crippen molar-refractivity contribution in [3.8, 4) is 5.75 Å². The van der Waals surface area contributed by atoms with E-state index in [9.17, 15) is 19.2 Å². The molecule has 8 rings (SSSR count). The van der Waals surface area contributed by atoms with Gasteiger partial charge in [0.15, 0.2) is 0 Å². The van der Waals surface area contributed by atoms with Crippen LogP contribution in [0.3, 0.4) is 0 Å². The number of ether oxygens (including phenoxy) is 4. The highest BCUT2D eigenvalue weighted by molar-refractivity contribution is 6.30. The lowest BCUT2D eigenvalue weighted by molar-refractivity contribution is -0.137. The number of amidine groups is 1. The maximum Gasteiger partial charge on any atom is 0.326 e. The number of amides is 6. The van der Waals surface area contributed by atoms with Crippen molar-refractivity contribution in [1.82, 2.24) is 24.9 Å². The highest BCUT2D eigenvalue weighted by Crippen LogP contribution is 2.54. The van der Waals surface area contributed by atoms with Gasteiger partial charge in [-0.1, -0.05) is 80.4 Å². The SMILES string of the molecule is CCOc1cc(C(C)(C)C)ccc1C1=N[C@@](C)(c2ccc(Cl)cc2)[C@@](C)(c2ccc(Cl)cc2)N1C(=O)N1CCN(C(=O)CCOCCOCCOCCNc2cccc3c2CN(C2CCC(=O)NC2=O)C3=O)CC1. The van der Waals surface area contributed by atoms with Gasteiger partial charge in [0.05, 0.1) is 58.2 Å². The van der Waals surface area contributed by atoms with Gasteiger partial charge >= 0.3 is 6.03 Å². The van der Waals surface area contributed by atoms with Gasteiger partial charge in [-0.2, -0.15) is 0 Å². The van der Waals surface area contributed by atoms with Crippen LogP contribution in [-0.2, 0) is 51.6 Å². The van der Waals surface area contributed by atoms with Crippen molar-refractivity contribution < 1.29 is 42.9 Å². The van der Waals surface area contributed by atoms with Gasteiger partial charge in [-0.05, 0) is 97.8 Å². The van der Waals surface area contributed by atoms with E-state index in [-0.39, 0.29) is 55.2 Å². The normalized spacial score (nSPS) is 20.9. The number of nitrogens with zero attached hydrogens (tertiary/aromatic N) is 5. The number of piperidine rings is 1. The fraction of sp³-hybridized carbons (Fsp3) is 0.464. The molecule has 4 aliphatic rings. The standard InChI is InChI=1S/C56H67Cl2N7O9/c1-7-74-47-35-39(54(2,3)4)15-20-43(47)50-61-55(5,37-11-16-40(57)17-12-37)56(6,38-13-18-41(58)19-14-38)65(50)53(70)63-27-25-62(26-28-63)49(67)23-29-71-31-33-73-34-32-72-30-24-59-45-10-8-9-42-44(45)36-64(52(42)69)46-21-22-48(66)60-51(46)68/h8-20,35,46,59H,7,21-34,36H2,1-6H3,(H,60,66,68)/t46?,55-,56+/m0/s1. The number of anilines is 1. The van der Waals surface area contributed by atoms with Crippen molar-refractivity contribution >= 4 is 64.4 Å². The molecule has 0 bridgehead atoms. The Morgan fingerprint density at radius 2 is 1.41 bits per heavy atom. The number of fused-ring (bicyclic) bond motifs is 1. The lowest BCUT2D eigenvalue weighted by Gasteiger charge is -2.47. The molecule has 16 nitrogen and oxygen atoms in total. The Balaban J connectivity index is 0.814. The molecule has 74 heavy (non-hydrogen) atoms. The molecular weight excluding hydrogens is 986 g/mol. The number of halogens is 2. The zero-order valence-electron chi connectivity index (χ0n) is 43.1.